The quantitative estimate of drug-likeness (QED) is 0.167. The van der Waals surface area contributed by atoms with E-state index in [0.717, 1.165) is 86.1 Å². The van der Waals surface area contributed by atoms with Gasteiger partial charge >= 0.3 is 43.4 Å². The van der Waals surface area contributed by atoms with Crippen LogP contribution < -0.4 is 0 Å². The summed E-state index contributed by atoms with van der Waals surface area (Å²) in [5.74, 6) is 7.05. The van der Waals surface area contributed by atoms with Crippen LogP contribution in [0.25, 0.3) is 10.6 Å². The van der Waals surface area contributed by atoms with Gasteiger partial charge in [-0.05, 0) is 85.4 Å². The van der Waals surface area contributed by atoms with Gasteiger partial charge in [0.15, 0.2) is 0 Å². The van der Waals surface area contributed by atoms with E-state index in [1.54, 1.807) is 0 Å². The average molecular weight is 773 g/mol. The zero-order valence-electron chi connectivity index (χ0n) is 34.6. The zero-order valence-corrected chi connectivity index (χ0v) is 37.8. The Morgan fingerprint density at radius 3 is 1.31 bits per heavy atom. The van der Waals surface area contributed by atoms with Crippen LogP contribution in [0.15, 0.2) is 36.4 Å². The van der Waals surface area contributed by atoms with Crippen molar-refractivity contribution in [3.63, 3.8) is 0 Å². The number of aliphatic hydroxyl groups is 2. The molecule has 6 rings (SSSR count). The van der Waals surface area contributed by atoms with E-state index >= 15 is 0 Å². The second kappa shape index (κ2) is 27.0. The summed E-state index contributed by atoms with van der Waals surface area (Å²) < 4.78 is 0. The fraction of sp³-hybridized carbons (Fsp3) is 0.644. The maximum Gasteiger partial charge on any atom is 3.00 e. The van der Waals surface area contributed by atoms with Crippen molar-refractivity contribution >= 4 is 11.4 Å². The Hall–Kier alpha value is -0.611. The van der Waals surface area contributed by atoms with Crippen LogP contribution in [0.5, 0.6) is 0 Å². The largest absolute Gasteiger partial charge is 3.00 e. The molecule has 0 aromatic heterocycles. The maximum absolute atomic E-state index is 8.30. The van der Waals surface area contributed by atoms with Gasteiger partial charge in [0.1, 0.15) is 0 Å². The fourth-order valence-corrected chi connectivity index (χ4v) is 9.11. The molecule has 51 heavy (non-hydrogen) atoms. The number of benzene rings is 2. The molecule has 2 heterocycles. The molecular formula is C45H76N2O2Ti2. The minimum absolute atomic E-state index is 0. The summed E-state index contributed by atoms with van der Waals surface area (Å²) in [5, 5.41) is 26.3. The molecule has 0 spiro atoms. The van der Waals surface area contributed by atoms with E-state index < -0.39 is 0 Å². The first-order valence-electron chi connectivity index (χ1n) is 18.5. The molecule has 2 aliphatic carbocycles. The number of nitrogens with zero attached hydrogens (tertiary/aromatic N) is 2. The van der Waals surface area contributed by atoms with Crippen LogP contribution >= 0.6 is 0 Å². The minimum atomic E-state index is 0. The van der Waals surface area contributed by atoms with Crippen LogP contribution in [0.1, 0.15) is 128 Å². The van der Waals surface area contributed by atoms with Gasteiger partial charge in [-0.1, -0.05) is 133 Å². The molecule has 8 atom stereocenters. The molecule has 0 bridgehead atoms. The summed E-state index contributed by atoms with van der Waals surface area (Å²) in [5.41, 5.74) is 8.73. The first kappa shape index (κ1) is 54.7. The smallest absolute Gasteiger partial charge is 0.684 e. The van der Waals surface area contributed by atoms with E-state index in [0.29, 0.717) is 5.92 Å². The Morgan fingerprint density at radius 1 is 0.529 bits per heavy atom. The number of rotatable bonds is 7. The molecule has 2 aromatic carbocycles. The van der Waals surface area contributed by atoms with Gasteiger partial charge in [-0.2, -0.15) is 0 Å². The number of hydrogen-bond acceptors (Lipinski definition) is 2. The molecular weight excluding hydrogens is 696 g/mol. The number of aliphatic hydroxyl groups excluding tert-OH is 2. The summed E-state index contributed by atoms with van der Waals surface area (Å²) in [6, 6.07) is 13.7. The molecule has 2 N–H and O–H groups in total. The van der Waals surface area contributed by atoms with Crippen LogP contribution in [0.3, 0.4) is 0 Å². The van der Waals surface area contributed by atoms with Crippen molar-refractivity contribution in [1.29, 1.82) is 0 Å². The Kier molecular flexibility index (Phi) is 29.0. The summed E-state index contributed by atoms with van der Waals surface area (Å²) in [4.78, 5) is 0. The Bertz CT molecular complexity index is 1170. The van der Waals surface area contributed by atoms with Crippen LogP contribution in [0, 0.1) is 71.1 Å². The Balaban J connectivity index is -0.000000684. The number of hydrogen-bond donors (Lipinski definition) is 2. The van der Waals surface area contributed by atoms with Gasteiger partial charge in [-0.25, -0.2) is 0 Å². The molecule has 4 aliphatic rings. The van der Waals surface area contributed by atoms with Gasteiger partial charge in [0.05, 0.1) is 0 Å². The predicted octanol–water partition coefficient (Wildman–Crippen LogP) is 12.6. The summed E-state index contributed by atoms with van der Waals surface area (Å²) in [7, 11) is 0. The summed E-state index contributed by atoms with van der Waals surface area (Å²) in [6.07, 6.45) is 10.1. The van der Waals surface area contributed by atoms with Crippen LogP contribution in [0.2, 0.25) is 0 Å². The number of fused-ring (bicyclic) bond motifs is 2. The van der Waals surface area contributed by atoms with Crippen LogP contribution in [-0.2, 0) is 56.3 Å². The third-order valence-electron chi connectivity index (χ3n) is 12.3. The van der Waals surface area contributed by atoms with Gasteiger partial charge in [0, 0.05) is 13.2 Å². The molecule has 0 amide bonds. The van der Waals surface area contributed by atoms with E-state index in [2.05, 4.69) is 84.9 Å². The molecule has 8 unspecified atom stereocenters. The van der Waals surface area contributed by atoms with Crippen molar-refractivity contribution in [2.75, 3.05) is 26.3 Å². The molecule has 2 saturated carbocycles. The number of aryl methyl sites for hydroxylation is 2. The van der Waals surface area contributed by atoms with Crippen molar-refractivity contribution in [2.24, 2.45) is 41.4 Å². The molecule has 2 aromatic rings. The van der Waals surface area contributed by atoms with Gasteiger partial charge in [0.25, 0.3) is 0 Å². The fourth-order valence-electron chi connectivity index (χ4n) is 9.11. The molecule has 4 nitrogen and oxygen atoms in total. The van der Waals surface area contributed by atoms with Gasteiger partial charge < -0.3 is 50.6 Å². The van der Waals surface area contributed by atoms with Gasteiger partial charge in [0.2, 0.25) is 0 Å². The molecule has 2 radical (unpaired) electrons. The summed E-state index contributed by atoms with van der Waals surface area (Å²) >= 11 is 0. The first-order valence-corrected chi connectivity index (χ1v) is 18.5. The maximum atomic E-state index is 8.30. The van der Waals surface area contributed by atoms with Crippen molar-refractivity contribution in [2.45, 2.75) is 118 Å². The second-order valence-corrected chi connectivity index (χ2v) is 15.1. The number of para-hydroxylation sites is 2. The molecule has 0 saturated heterocycles. The van der Waals surface area contributed by atoms with E-state index in [1.807, 2.05) is 0 Å². The van der Waals surface area contributed by atoms with E-state index in [4.69, 9.17) is 20.8 Å². The molecule has 286 valence electrons. The third kappa shape index (κ3) is 13.6. The predicted molar refractivity (Wildman–Crippen MR) is 218 cm³/mol. The third-order valence-corrected chi connectivity index (χ3v) is 12.3. The van der Waals surface area contributed by atoms with Crippen LogP contribution in [0.4, 0.5) is 11.4 Å². The van der Waals surface area contributed by atoms with Crippen molar-refractivity contribution in [3.05, 3.63) is 99.0 Å². The average Bonchev–Trinajstić information content (AvgIpc) is 3.42. The standard InChI is InChI=1S/C18H26N.C17H24N.C6H14O2.4CH3.2Ti/c1-11-12(2)14(4)17(13(11)3)16-9-5-7-15-8-6-10-19-18(15)16;1-11-10-12(2)16(13(11)3)15-8-4-6-14-7-5-9-18-17(14)15;7-5-3-1-2-4-6-8;;;;;;/h5,7,9,11-14,17H,6,8,10H2,1-4H3;4,6,8,11-13,16H,5,7,9-10H2,1-3H3;7-8H,1-6H2;4*1H3;;/q2*-1;;4*-1;2*+3. The monoisotopic (exact) mass is 772 g/mol. The van der Waals surface area contributed by atoms with E-state index in [-0.39, 0.29) is 86.4 Å². The SMILES string of the molecule is CC1C(C)C(C)C(c2cccc3c2[N-]CCC3)C1C.CC1CC(C)C(c2cccc3c2[N-]CCC3)C1C.OCCCCCCO.[CH3-].[CH3-].[CH3-].[CH3-].[Ti+3].[Ti+3]. The molecule has 6 heteroatoms. The first-order chi connectivity index (χ1) is 21.7. The number of unbranched alkanes of at least 4 members (excludes halogenated alkanes) is 3. The normalized spacial score (nSPS) is 28.0. The minimum Gasteiger partial charge on any atom is -0.684 e. The van der Waals surface area contributed by atoms with Crippen molar-refractivity contribution in [3.8, 4) is 0 Å². The Morgan fingerprint density at radius 2 is 0.941 bits per heavy atom. The van der Waals surface area contributed by atoms with Gasteiger partial charge in [-0.3, -0.25) is 0 Å². The topological polar surface area (TPSA) is 68.7 Å². The zero-order chi connectivity index (χ0) is 32.5. The van der Waals surface area contributed by atoms with E-state index in [9.17, 15) is 0 Å². The Labute approximate surface area is 347 Å². The molecule has 2 aliphatic heterocycles. The van der Waals surface area contributed by atoms with Crippen molar-refractivity contribution < 1.29 is 53.6 Å². The van der Waals surface area contributed by atoms with E-state index in [1.165, 1.54) is 65.7 Å². The second-order valence-electron chi connectivity index (χ2n) is 15.1. The summed E-state index contributed by atoms with van der Waals surface area (Å²) in [6.45, 7) is 19.6. The van der Waals surface area contributed by atoms with Gasteiger partial charge in [-0.15, -0.1) is 24.5 Å². The van der Waals surface area contributed by atoms with Crippen molar-refractivity contribution in [1.82, 2.24) is 0 Å². The van der Waals surface area contributed by atoms with Crippen LogP contribution in [-0.4, -0.2) is 36.5 Å². The molecule has 2 fully saturated rings.